The van der Waals surface area contributed by atoms with E-state index in [9.17, 15) is 9.59 Å². The predicted molar refractivity (Wildman–Crippen MR) is 78.1 cm³/mol. The number of rotatable bonds is 6. The van der Waals surface area contributed by atoms with Gasteiger partial charge in [-0.2, -0.15) is 0 Å². The third kappa shape index (κ3) is 3.44. The minimum atomic E-state index is -0.458. The van der Waals surface area contributed by atoms with Gasteiger partial charge in [-0.1, -0.05) is 42.5 Å². The van der Waals surface area contributed by atoms with Crippen molar-refractivity contribution in [3.05, 3.63) is 48.0 Å². The van der Waals surface area contributed by atoms with Crippen molar-refractivity contribution < 1.29 is 14.3 Å². The summed E-state index contributed by atoms with van der Waals surface area (Å²) in [6.45, 7) is 2.08. The second-order valence-electron chi connectivity index (χ2n) is 4.67. The van der Waals surface area contributed by atoms with Gasteiger partial charge < -0.3 is 4.74 Å². The highest BCUT2D eigenvalue weighted by Crippen LogP contribution is 2.22. The van der Waals surface area contributed by atoms with Crippen LogP contribution >= 0.6 is 0 Å². The molecule has 0 amide bonds. The van der Waals surface area contributed by atoms with Crippen LogP contribution in [0.5, 0.6) is 0 Å². The average molecular weight is 269 g/mol. The van der Waals surface area contributed by atoms with Crippen LogP contribution in [-0.4, -0.2) is 18.9 Å². The van der Waals surface area contributed by atoms with Crippen LogP contribution in [-0.2, 0) is 20.7 Å². The third-order valence-corrected chi connectivity index (χ3v) is 3.23. The van der Waals surface area contributed by atoms with Crippen LogP contribution in [0.1, 0.15) is 18.9 Å². The fourth-order valence-electron chi connectivity index (χ4n) is 2.31. The fraction of sp³-hybridized carbons (Fsp3) is 0.294. The number of benzene rings is 2. The lowest BCUT2D eigenvalue weighted by Gasteiger charge is -2.11. The molecule has 2 aromatic carbocycles. The smallest absolute Gasteiger partial charge is 0.306 e. The second-order valence-corrected chi connectivity index (χ2v) is 4.67. The van der Waals surface area contributed by atoms with Gasteiger partial charge in [0, 0.05) is 5.92 Å². The fourth-order valence-corrected chi connectivity index (χ4v) is 2.31. The number of esters is 1. The molecule has 2 aromatic rings. The first-order chi connectivity index (χ1) is 9.74. The zero-order chi connectivity index (χ0) is 14.4. The molecule has 0 aromatic heterocycles. The zero-order valence-electron chi connectivity index (χ0n) is 11.5. The van der Waals surface area contributed by atoms with Crippen LogP contribution in [0.25, 0.3) is 10.8 Å². The highest BCUT2D eigenvalue weighted by Gasteiger charge is 2.16. The molecule has 3 nitrogen and oxygen atoms in total. The largest absolute Gasteiger partial charge is 0.466 e. The summed E-state index contributed by atoms with van der Waals surface area (Å²) in [7, 11) is 0. The lowest BCUT2D eigenvalue weighted by atomic mass is 9.94. The maximum Gasteiger partial charge on any atom is 0.306 e. The van der Waals surface area contributed by atoms with E-state index in [4.69, 9.17) is 4.74 Å². The Bertz CT molecular complexity index is 599. The van der Waals surface area contributed by atoms with Gasteiger partial charge in [-0.05, 0) is 29.7 Å². The van der Waals surface area contributed by atoms with Crippen molar-refractivity contribution in [3.8, 4) is 0 Å². The van der Waals surface area contributed by atoms with Crippen molar-refractivity contribution in [1.29, 1.82) is 0 Å². The summed E-state index contributed by atoms with van der Waals surface area (Å²) in [4.78, 5) is 22.5. The van der Waals surface area contributed by atoms with E-state index in [1.807, 2.05) is 48.8 Å². The van der Waals surface area contributed by atoms with Gasteiger partial charge >= 0.3 is 5.97 Å². The normalized spacial score (nSPS) is 12.1. The molecule has 0 aliphatic heterocycles. The first-order valence-corrected chi connectivity index (χ1v) is 6.74. The lowest BCUT2D eigenvalue weighted by molar-refractivity contribution is -0.143. The van der Waals surface area contributed by atoms with E-state index in [0.717, 1.165) is 16.3 Å². The Labute approximate surface area is 118 Å². The summed E-state index contributed by atoms with van der Waals surface area (Å²) in [6, 6.07) is 14.0. The molecule has 103 valence electrons. The van der Waals surface area contributed by atoms with Gasteiger partial charge in [-0.15, -0.1) is 0 Å². The monoisotopic (exact) mass is 269 g/mol. The second kappa shape index (κ2) is 6.85. The maximum absolute atomic E-state index is 11.5. The molecule has 20 heavy (non-hydrogen) atoms. The van der Waals surface area contributed by atoms with Crippen LogP contribution < -0.4 is 0 Å². The van der Waals surface area contributed by atoms with Gasteiger partial charge in [-0.3, -0.25) is 9.59 Å². The first kappa shape index (κ1) is 14.3. The van der Waals surface area contributed by atoms with E-state index in [1.165, 1.54) is 0 Å². The van der Waals surface area contributed by atoms with Crippen molar-refractivity contribution in [2.45, 2.75) is 19.8 Å². The summed E-state index contributed by atoms with van der Waals surface area (Å²) in [5.41, 5.74) is 1.06. The molecular formula is C17H17O3. The Morgan fingerprint density at radius 3 is 2.70 bits per heavy atom. The number of carbonyl (C=O) groups is 1. The SMILES string of the molecule is CCOC(=O)CC([C]=O)Cc1cccc2ccccc12. The summed E-state index contributed by atoms with van der Waals surface area (Å²) in [5, 5.41) is 2.24. The molecule has 0 saturated heterocycles. The standard InChI is InChI=1S/C17H17O3/c1-2-20-17(19)11-13(12-18)10-15-8-5-7-14-6-3-4-9-16(14)15/h3-9,13H,2,10-11H2,1H3. The minimum Gasteiger partial charge on any atom is -0.466 e. The van der Waals surface area contributed by atoms with Crippen LogP contribution in [0.4, 0.5) is 0 Å². The van der Waals surface area contributed by atoms with Crippen molar-refractivity contribution >= 4 is 23.0 Å². The van der Waals surface area contributed by atoms with Crippen molar-refractivity contribution in [1.82, 2.24) is 0 Å². The van der Waals surface area contributed by atoms with Crippen LogP contribution in [0.3, 0.4) is 0 Å². The minimum absolute atomic E-state index is 0.0839. The molecule has 1 radical (unpaired) electrons. The van der Waals surface area contributed by atoms with E-state index in [-0.39, 0.29) is 12.4 Å². The predicted octanol–water partition coefficient (Wildman–Crippen LogP) is 3.06. The molecule has 0 heterocycles. The highest BCUT2D eigenvalue weighted by atomic mass is 16.5. The average Bonchev–Trinajstić information content (AvgIpc) is 2.47. The van der Waals surface area contributed by atoms with Gasteiger partial charge in [-0.25, -0.2) is 0 Å². The Balaban J connectivity index is 2.17. The van der Waals surface area contributed by atoms with E-state index in [2.05, 4.69) is 0 Å². The van der Waals surface area contributed by atoms with E-state index in [1.54, 1.807) is 6.92 Å². The summed E-state index contributed by atoms with van der Waals surface area (Å²) >= 11 is 0. The first-order valence-electron chi connectivity index (χ1n) is 6.74. The van der Waals surface area contributed by atoms with E-state index < -0.39 is 5.92 Å². The van der Waals surface area contributed by atoms with Gasteiger partial charge in [0.2, 0.25) is 6.29 Å². The van der Waals surface area contributed by atoms with Gasteiger partial charge in [0.15, 0.2) is 0 Å². The molecule has 0 saturated carbocycles. The van der Waals surface area contributed by atoms with Crippen molar-refractivity contribution in [2.24, 2.45) is 5.92 Å². The third-order valence-electron chi connectivity index (χ3n) is 3.23. The number of hydrogen-bond donors (Lipinski definition) is 0. The molecule has 3 heteroatoms. The molecule has 2 rings (SSSR count). The molecule has 0 fully saturated rings. The molecule has 0 aliphatic rings. The Morgan fingerprint density at radius 1 is 1.20 bits per heavy atom. The summed E-state index contributed by atoms with van der Waals surface area (Å²) in [6.07, 6.45) is 2.54. The van der Waals surface area contributed by atoms with Gasteiger partial charge in [0.1, 0.15) is 0 Å². The molecule has 0 spiro atoms. The quantitative estimate of drug-likeness (QED) is 0.757. The molecule has 1 unspecified atom stereocenters. The topological polar surface area (TPSA) is 43.4 Å². The molecule has 0 bridgehead atoms. The molecule has 0 N–H and O–H groups in total. The number of carbonyl (C=O) groups excluding carboxylic acids is 2. The number of fused-ring (bicyclic) bond motifs is 1. The van der Waals surface area contributed by atoms with Gasteiger partial charge in [0.25, 0.3) is 0 Å². The van der Waals surface area contributed by atoms with Crippen LogP contribution in [0, 0.1) is 5.92 Å². The Kier molecular flexibility index (Phi) is 4.88. The van der Waals surface area contributed by atoms with Gasteiger partial charge in [0.05, 0.1) is 13.0 Å². The maximum atomic E-state index is 11.5. The highest BCUT2D eigenvalue weighted by molar-refractivity contribution is 5.86. The van der Waals surface area contributed by atoms with Crippen LogP contribution in [0.2, 0.25) is 0 Å². The summed E-state index contributed by atoms with van der Waals surface area (Å²) < 4.78 is 4.88. The van der Waals surface area contributed by atoms with E-state index >= 15 is 0 Å². The molecule has 1 atom stereocenters. The molecule has 0 aliphatic carbocycles. The number of hydrogen-bond acceptors (Lipinski definition) is 3. The summed E-state index contributed by atoms with van der Waals surface area (Å²) in [5.74, 6) is -0.805. The van der Waals surface area contributed by atoms with Crippen LogP contribution in [0.15, 0.2) is 42.5 Å². The Hall–Kier alpha value is -2.16. The lowest BCUT2D eigenvalue weighted by Crippen LogP contribution is -2.15. The Morgan fingerprint density at radius 2 is 1.95 bits per heavy atom. The van der Waals surface area contributed by atoms with E-state index in [0.29, 0.717) is 13.0 Å². The van der Waals surface area contributed by atoms with Crippen molar-refractivity contribution in [2.75, 3.05) is 6.61 Å². The van der Waals surface area contributed by atoms with Crippen molar-refractivity contribution in [3.63, 3.8) is 0 Å². The zero-order valence-corrected chi connectivity index (χ0v) is 11.5. The molecular weight excluding hydrogens is 252 g/mol. The number of ether oxygens (including phenoxy) is 1.